The molecule has 142 valence electrons. The molecule has 3 N–H and O–H groups in total. The van der Waals surface area contributed by atoms with Crippen LogP contribution >= 0.6 is 23.8 Å². The molecule has 0 saturated heterocycles. The van der Waals surface area contributed by atoms with Crippen molar-refractivity contribution < 1.29 is 14.3 Å². The van der Waals surface area contributed by atoms with Gasteiger partial charge in [-0.3, -0.25) is 20.4 Å². The van der Waals surface area contributed by atoms with E-state index in [-0.39, 0.29) is 24.0 Å². The highest BCUT2D eigenvalue weighted by atomic mass is 35.5. The summed E-state index contributed by atoms with van der Waals surface area (Å²) in [5.74, 6) is -0.0927. The lowest BCUT2D eigenvalue weighted by molar-refractivity contribution is -0.124. The number of ether oxygens (including phenoxy) is 1. The summed E-state index contributed by atoms with van der Waals surface area (Å²) in [5.41, 5.74) is 7.70. The Morgan fingerprint density at radius 2 is 1.74 bits per heavy atom. The lowest BCUT2D eigenvalue weighted by atomic mass is 10.1. The molecule has 2 aromatic rings. The highest BCUT2D eigenvalue weighted by Gasteiger charge is 2.09. The fraction of sp³-hybridized carbons (Fsp3) is 0.211. The molecule has 0 aromatic heterocycles. The van der Waals surface area contributed by atoms with Gasteiger partial charge >= 0.3 is 0 Å². The van der Waals surface area contributed by atoms with Gasteiger partial charge in [-0.2, -0.15) is 0 Å². The summed E-state index contributed by atoms with van der Waals surface area (Å²) in [4.78, 5) is 23.8. The van der Waals surface area contributed by atoms with E-state index in [0.717, 1.165) is 16.7 Å². The van der Waals surface area contributed by atoms with Crippen LogP contribution < -0.4 is 20.9 Å². The van der Waals surface area contributed by atoms with Crippen molar-refractivity contribution in [1.82, 2.24) is 16.2 Å². The number of aryl methyl sites for hydroxylation is 1. The molecule has 0 heterocycles. The summed E-state index contributed by atoms with van der Waals surface area (Å²) >= 11 is 10.8. The Kier molecular flexibility index (Phi) is 7.57. The van der Waals surface area contributed by atoms with E-state index < -0.39 is 5.91 Å². The van der Waals surface area contributed by atoms with Gasteiger partial charge in [0.25, 0.3) is 5.91 Å². The standard InChI is InChI=1S/C19H20ClN3O3S/c1-12-4-3-5-16(13(12)2)26-11-18(25)22-23-19(27)21-17(24)10-14-6-8-15(20)9-7-14/h3-9H,10-11H2,1-2H3,(H,22,25)(H2,21,23,24,27). The van der Waals surface area contributed by atoms with E-state index in [4.69, 9.17) is 28.6 Å². The minimum atomic E-state index is -0.426. The zero-order valence-electron chi connectivity index (χ0n) is 15.0. The summed E-state index contributed by atoms with van der Waals surface area (Å²) in [6, 6.07) is 12.5. The molecule has 0 saturated carbocycles. The van der Waals surface area contributed by atoms with Crippen LogP contribution in [0.5, 0.6) is 5.75 Å². The van der Waals surface area contributed by atoms with E-state index in [0.29, 0.717) is 10.8 Å². The number of hydrazine groups is 1. The van der Waals surface area contributed by atoms with Crippen LogP contribution in [0.25, 0.3) is 0 Å². The third-order valence-corrected chi connectivity index (χ3v) is 4.22. The van der Waals surface area contributed by atoms with Crippen molar-refractivity contribution in [2.24, 2.45) is 0 Å². The monoisotopic (exact) mass is 405 g/mol. The average Bonchev–Trinajstić information content (AvgIpc) is 2.63. The maximum absolute atomic E-state index is 11.9. The number of benzene rings is 2. The van der Waals surface area contributed by atoms with Crippen LogP contribution in [-0.4, -0.2) is 23.5 Å². The summed E-state index contributed by atoms with van der Waals surface area (Å²) in [7, 11) is 0. The Bertz CT molecular complexity index is 841. The molecule has 27 heavy (non-hydrogen) atoms. The van der Waals surface area contributed by atoms with Gasteiger partial charge in [0.15, 0.2) is 11.7 Å². The van der Waals surface area contributed by atoms with E-state index >= 15 is 0 Å². The summed E-state index contributed by atoms with van der Waals surface area (Å²) in [5, 5.41) is 3.08. The fourth-order valence-electron chi connectivity index (χ4n) is 2.18. The molecule has 2 aromatic carbocycles. The molecule has 0 bridgehead atoms. The normalized spacial score (nSPS) is 10.0. The van der Waals surface area contributed by atoms with Crippen molar-refractivity contribution >= 4 is 40.7 Å². The topological polar surface area (TPSA) is 79.5 Å². The van der Waals surface area contributed by atoms with Crippen molar-refractivity contribution in [2.75, 3.05) is 6.61 Å². The number of amides is 2. The second-order valence-corrected chi connectivity index (χ2v) is 6.69. The van der Waals surface area contributed by atoms with Crippen LogP contribution in [0.3, 0.4) is 0 Å². The molecule has 0 atom stereocenters. The SMILES string of the molecule is Cc1cccc(OCC(=O)NNC(=S)NC(=O)Cc2ccc(Cl)cc2)c1C. The number of halogens is 1. The number of nitrogens with one attached hydrogen (secondary N) is 3. The first-order chi connectivity index (χ1) is 12.8. The second kappa shape index (κ2) is 9.89. The molecular weight excluding hydrogens is 386 g/mol. The van der Waals surface area contributed by atoms with Gasteiger partial charge in [-0.05, 0) is 61.0 Å². The highest BCUT2D eigenvalue weighted by Crippen LogP contribution is 2.20. The molecule has 0 unspecified atom stereocenters. The minimum absolute atomic E-state index is 0.00551. The Hall–Kier alpha value is -2.64. The Morgan fingerprint density at radius 1 is 1.04 bits per heavy atom. The largest absolute Gasteiger partial charge is 0.483 e. The quantitative estimate of drug-likeness (QED) is 0.526. The van der Waals surface area contributed by atoms with E-state index in [2.05, 4.69) is 16.2 Å². The van der Waals surface area contributed by atoms with E-state index in [1.807, 2.05) is 26.0 Å². The van der Waals surface area contributed by atoms with Crippen molar-refractivity contribution in [1.29, 1.82) is 0 Å². The lowest BCUT2D eigenvalue weighted by Gasteiger charge is -2.13. The predicted octanol–water partition coefficient (Wildman–Crippen LogP) is 2.60. The summed E-state index contributed by atoms with van der Waals surface area (Å²) < 4.78 is 5.49. The number of hydrogen-bond donors (Lipinski definition) is 3. The molecule has 0 aliphatic rings. The first kappa shape index (κ1) is 20.7. The van der Waals surface area contributed by atoms with E-state index in [1.165, 1.54) is 0 Å². The molecule has 6 nitrogen and oxygen atoms in total. The Balaban J connectivity index is 1.71. The zero-order chi connectivity index (χ0) is 19.8. The van der Waals surface area contributed by atoms with Gasteiger partial charge in [0.2, 0.25) is 5.91 Å². The molecule has 2 rings (SSSR count). The van der Waals surface area contributed by atoms with Gasteiger partial charge < -0.3 is 10.1 Å². The van der Waals surface area contributed by atoms with Crippen LogP contribution in [0.2, 0.25) is 5.02 Å². The number of hydrogen-bond acceptors (Lipinski definition) is 4. The second-order valence-electron chi connectivity index (χ2n) is 5.84. The first-order valence-corrected chi connectivity index (χ1v) is 8.96. The molecular formula is C19H20ClN3O3S. The van der Waals surface area contributed by atoms with E-state index in [1.54, 1.807) is 30.3 Å². The van der Waals surface area contributed by atoms with Crippen molar-refractivity contribution in [3.8, 4) is 5.75 Å². The highest BCUT2D eigenvalue weighted by molar-refractivity contribution is 7.80. The fourth-order valence-corrected chi connectivity index (χ4v) is 2.47. The van der Waals surface area contributed by atoms with Crippen LogP contribution in [-0.2, 0) is 16.0 Å². The lowest BCUT2D eigenvalue weighted by Crippen LogP contribution is -2.50. The molecule has 0 fully saturated rings. The molecule has 0 spiro atoms. The number of carbonyl (C=O) groups excluding carboxylic acids is 2. The maximum atomic E-state index is 11.9. The van der Waals surface area contributed by atoms with Crippen molar-refractivity contribution in [3.63, 3.8) is 0 Å². The van der Waals surface area contributed by atoms with Gasteiger partial charge in [-0.15, -0.1) is 0 Å². The van der Waals surface area contributed by atoms with Gasteiger partial charge in [0.05, 0.1) is 6.42 Å². The molecule has 8 heteroatoms. The Morgan fingerprint density at radius 3 is 2.44 bits per heavy atom. The van der Waals surface area contributed by atoms with Gasteiger partial charge in [0.1, 0.15) is 5.75 Å². The zero-order valence-corrected chi connectivity index (χ0v) is 16.5. The van der Waals surface area contributed by atoms with Crippen molar-refractivity contribution in [2.45, 2.75) is 20.3 Å². The summed E-state index contributed by atoms with van der Waals surface area (Å²) in [6.07, 6.45) is 0.142. The minimum Gasteiger partial charge on any atom is -0.483 e. The number of carbonyl (C=O) groups is 2. The van der Waals surface area contributed by atoms with Crippen LogP contribution in [0, 0.1) is 13.8 Å². The smallest absolute Gasteiger partial charge is 0.276 e. The van der Waals surface area contributed by atoms with Gasteiger partial charge in [0, 0.05) is 5.02 Å². The van der Waals surface area contributed by atoms with Gasteiger partial charge in [-0.1, -0.05) is 35.9 Å². The number of thiocarbonyl (C=S) groups is 1. The first-order valence-electron chi connectivity index (χ1n) is 8.17. The maximum Gasteiger partial charge on any atom is 0.276 e. The molecule has 0 aliphatic carbocycles. The summed E-state index contributed by atoms with van der Waals surface area (Å²) in [6.45, 7) is 3.71. The van der Waals surface area contributed by atoms with Crippen LogP contribution in [0.4, 0.5) is 0 Å². The Labute approximate surface area is 168 Å². The molecule has 0 aliphatic heterocycles. The van der Waals surface area contributed by atoms with Crippen LogP contribution in [0.1, 0.15) is 16.7 Å². The number of rotatable bonds is 5. The molecule has 2 amide bonds. The predicted molar refractivity (Wildman–Crippen MR) is 109 cm³/mol. The van der Waals surface area contributed by atoms with Gasteiger partial charge in [-0.25, -0.2) is 0 Å². The van der Waals surface area contributed by atoms with Crippen molar-refractivity contribution in [3.05, 3.63) is 64.2 Å². The third-order valence-electron chi connectivity index (χ3n) is 3.76. The van der Waals surface area contributed by atoms with Crippen LogP contribution in [0.15, 0.2) is 42.5 Å². The van der Waals surface area contributed by atoms with E-state index in [9.17, 15) is 9.59 Å². The average molecular weight is 406 g/mol. The molecule has 0 radical (unpaired) electrons. The third kappa shape index (κ3) is 6.88.